The molecule has 0 bridgehead atoms. The predicted octanol–water partition coefficient (Wildman–Crippen LogP) is 3.02. The van der Waals surface area contributed by atoms with Crippen molar-refractivity contribution < 1.29 is 0 Å². The molecular weight excluding hydrogens is 292 g/mol. The lowest BCUT2D eigenvalue weighted by Crippen LogP contribution is -2.38. The number of aromatic amines is 1. The molecule has 2 aromatic rings. The first-order valence-corrected chi connectivity index (χ1v) is 9.23. The molecule has 120 valence electrons. The van der Waals surface area contributed by atoms with Crippen LogP contribution in [0.4, 0.5) is 0 Å². The molecule has 0 saturated carbocycles. The summed E-state index contributed by atoms with van der Waals surface area (Å²) in [5.41, 5.74) is 2.55. The van der Waals surface area contributed by atoms with E-state index in [0.29, 0.717) is 0 Å². The fourth-order valence-electron chi connectivity index (χ4n) is 2.45. The molecule has 0 fully saturated rings. The third-order valence-electron chi connectivity index (χ3n) is 3.65. The van der Waals surface area contributed by atoms with Gasteiger partial charge >= 0.3 is 0 Å². The molecule has 5 heteroatoms. The van der Waals surface area contributed by atoms with Crippen molar-refractivity contribution >= 4 is 28.6 Å². The van der Waals surface area contributed by atoms with E-state index >= 15 is 0 Å². The Balaban J connectivity index is 1.72. The van der Waals surface area contributed by atoms with E-state index in [2.05, 4.69) is 57.3 Å². The van der Waals surface area contributed by atoms with Gasteiger partial charge in [0.2, 0.25) is 0 Å². The molecule has 22 heavy (non-hydrogen) atoms. The average molecular weight is 318 g/mol. The molecule has 0 unspecified atom stereocenters. The number of aliphatic imine (C=N–C) groups is 1. The quantitative estimate of drug-likeness (QED) is 0.398. The SMILES string of the molecule is CN=C(NCCCCSC)NCCc1c[nH]c2ccccc12. The highest BCUT2D eigenvalue weighted by Crippen LogP contribution is 2.17. The number of rotatable bonds is 8. The summed E-state index contributed by atoms with van der Waals surface area (Å²) in [5, 5.41) is 8.06. The van der Waals surface area contributed by atoms with Crippen molar-refractivity contribution in [2.75, 3.05) is 32.1 Å². The first-order chi connectivity index (χ1) is 10.8. The van der Waals surface area contributed by atoms with E-state index in [9.17, 15) is 0 Å². The van der Waals surface area contributed by atoms with Gasteiger partial charge < -0.3 is 15.6 Å². The van der Waals surface area contributed by atoms with Crippen LogP contribution < -0.4 is 10.6 Å². The normalized spacial score (nSPS) is 11.8. The third kappa shape index (κ3) is 4.98. The van der Waals surface area contributed by atoms with E-state index in [0.717, 1.165) is 25.5 Å². The van der Waals surface area contributed by atoms with Gasteiger partial charge in [0.15, 0.2) is 5.96 Å². The molecule has 4 nitrogen and oxygen atoms in total. The fourth-order valence-corrected chi connectivity index (χ4v) is 2.95. The molecule has 1 aromatic heterocycles. The topological polar surface area (TPSA) is 52.2 Å². The van der Waals surface area contributed by atoms with Crippen molar-refractivity contribution in [2.45, 2.75) is 19.3 Å². The van der Waals surface area contributed by atoms with Gasteiger partial charge in [-0.15, -0.1) is 0 Å². The molecule has 1 heterocycles. The number of para-hydroxylation sites is 1. The largest absolute Gasteiger partial charge is 0.361 e. The molecule has 0 aliphatic heterocycles. The first-order valence-electron chi connectivity index (χ1n) is 7.83. The smallest absolute Gasteiger partial charge is 0.190 e. The number of H-pyrrole nitrogens is 1. The number of hydrogen-bond acceptors (Lipinski definition) is 2. The highest BCUT2D eigenvalue weighted by atomic mass is 32.2. The van der Waals surface area contributed by atoms with Crippen LogP contribution in [0.2, 0.25) is 0 Å². The van der Waals surface area contributed by atoms with Crippen LogP contribution in [-0.2, 0) is 6.42 Å². The van der Waals surface area contributed by atoms with Crippen LogP contribution in [0, 0.1) is 0 Å². The van der Waals surface area contributed by atoms with Gasteiger partial charge in [-0.3, -0.25) is 4.99 Å². The van der Waals surface area contributed by atoms with Crippen LogP contribution in [0.5, 0.6) is 0 Å². The van der Waals surface area contributed by atoms with Gasteiger partial charge in [-0.25, -0.2) is 0 Å². The molecule has 0 aliphatic carbocycles. The van der Waals surface area contributed by atoms with Crippen LogP contribution in [0.1, 0.15) is 18.4 Å². The number of unbranched alkanes of at least 4 members (excludes halogenated alkanes) is 1. The summed E-state index contributed by atoms with van der Waals surface area (Å²) in [6.07, 6.45) is 7.67. The number of guanidine groups is 1. The van der Waals surface area contributed by atoms with Gasteiger partial charge in [-0.05, 0) is 42.9 Å². The Hall–Kier alpha value is -1.62. The summed E-state index contributed by atoms with van der Waals surface area (Å²) in [5.74, 6) is 2.12. The summed E-state index contributed by atoms with van der Waals surface area (Å²) in [4.78, 5) is 7.59. The number of fused-ring (bicyclic) bond motifs is 1. The molecule has 0 radical (unpaired) electrons. The van der Waals surface area contributed by atoms with Crippen molar-refractivity contribution in [1.82, 2.24) is 15.6 Å². The lowest BCUT2D eigenvalue weighted by Gasteiger charge is -2.11. The van der Waals surface area contributed by atoms with Crippen molar-refractivity contribution in [3.63, 3.8) is 0 Å². The predicted molar refractivity (Wildman–Crippen MR) is 99.0 cm³/mol. The summed E-state index contributed by atoms with van der Waals surface area (Å²) in [7, 11) is 1.82. The Labute approximate surface area is 137 Å². The zero-order chi connectivity index (χ0) is 15.6. The Morgan fingerprint density at radius 2 is 2.00 bits per heavy atom. The van der Waals surface area contributed by atoms with Crippen molar-refractivity contribution in [3.05, 3.63) is 36.0 Å². The second-order valence-electron chi connectivity index (χ2n) is 5.24. The molecule has 0 aliphatic rings. The Morgan fingerprint density at radius 3 is 2.82 bits per heavy atom. The number of benzene rings is 1. The van der Waals surface area contributed by atoms with E-state index < -0.39 is 0 Å². The van der Waals surface area contributed by atoms with Gasteiger partial charge in [0.05, 0.1) is 0 Å². The van der Waals surface area contributed by atoms with E-state index in [-0.39, 0.29) is 0 Å². The number of hydrogen-bond donors (Lipinski definition) is 3. The van der Waals surface area contributed by atoms with Gasteiger partial charge in [0.1, 0.15) is 0 Å². The minimum atomic E-state index is 0.881. The highest BCUT2D eigenvalue weighted by molar-refractivity contribution is 7.98. The first kappa shape index (κ1) is 16.7. The van der Waals surface area contributed by atoms with Crippen LogP contribution in [0.3, 0.4) is 0 Å². The van der Waals surface area contributed by atoms with E-state index in [4.69, 9.17) is 0 Å². The number of aromatic nitrogens is 1. The van der Waals surface area contributed by atoms with Crippen LogP contribution >= 0.6 is 11.8 Å². The standard InChI is InChI=1S/C17H26N4S/c1-18-17(19-10-5-6-12-22-2)20-11-9-14-13-21-16-8-4-3-7-15(14)16/h3-4,7-8,13,21H,5-6,9-12H2,1-2H3,(H2,18,19,20). The van der Waals surface area contributed by atoms with Crippen molar-refractivity contribution in [1.29, 1.82) is 0 Å². The zero-order valence-electron chi connectivity index (χ0n) is 13.5. The maximum absolute atomic E-state index is 4.27. The lowest BCUT2D eigenvalue weighted by molar-refractivity contribution is 0.731. The zero-order valence-corrected chi connectivity index (χ0v) is 14.3. The molecule has 1 aromatic carbocycles. The molecule has 0 saturated heterocycles. The molecular formula is C17H26N4S. The van der Waals surface area contributed by atoms with Crippen LogP contribution in [0.25, 0.3) is 10.9 Å². The van der Waals surface area contributed by atoms with E-state index in [1.807, 2.05) is 18.8 Å². The van der Waals surface area contributed by atoms with Gasteiger partial charge in [0, 0.05) is 37.2 Å². The highest BCUT2D eigenvalue weighted by Gasteiger charge is 2.03. The summed E-state index contributed by atoms with van der Waals surface area (Å²) < 4.78 is 0. The van der Waals surface area contributed by atoms with Gasteiger partial charge in [-0.1, -0.05) is 18.2 Å². The molecule has 3 N–H and O–H groups in total. The van der Waals surface area contributed by atoms with Gasteiger partial charge in [0.25, 0.3) is 0 Å². The number of nitrogens with one attached hydrogen (secondary N) is 3. The minimum Gasteiger partial charge on any atom is -0.361 e. The second kappa shape index (κ2) is 9.41. The molecule has 0 spiro atoms. The monoisotopic (exact) mass is 318 g/mol. The van der Waals surface area contributed by atoms with E-state index in [1.54, 1.807) is 0 Å². The molecule has 2 rings (SSSR count). The molecule has 0 amide bonds. The molecule has 0 atom stereocenters. The number of nitrogens with zero attached hydrogens (tertiary/aromatic N) is 1. The van der Waals surface area contributed by atoms with E-state index in [1.165, 1.54) is 35.1 Å². The minimum absolute atomic E-state index is 0.881. The Kier molecular flexibility index (Phi) is 7.16. The Morgan fingerprint density at radius 1 is 1.18 bits per heavy atom. The maximum Gasteiger partial charge on any atom is 0.190 e. The lowest BCUT2D eigenvalue weighted by atomic mass is 10.1. The van der Waals surface area contributed by atoms with Crippen LogP contribution in [0.15, 0.2) is 35.5 Å². The summed E-state index contributed by atoms with van der Waals surface area (Å²) in [6, 6.07) is 8.42. The van der Waals surface area contributed by atoms with Crippen molar-refractivity contribution in [3.8, 4) is 0 Å². The third-order valence-corrected chi connectivity index (χ3v) is 4.35. The van der Waals surface area contributed by atoms with Crippen LogP contribution in [-0.4, -0.2) is 43.1 Å². The summed E-state index contributed by atoms with van der Waals surface area (Å²) >= 11 is 1.90. The number of thioether (sulfide) groups is 1. The second-order valence-corrected chi connectivity index (χ2v) is 6.22. The maximum atomic E-state index is 4.27. The Bertz CT molecular complexity index is 591. The fraction of sp³-hybridized carbons (Fsp3) is 0.471. The van der Waals surface area contributed by atoms with Gasteiger partial charge in [-0.2, -0.15) is 11.8 Å². The average Bonchev–Trinajstić information content (AvgIpc) is 2.96. The van der Waals surface area contributed by atoms with Crippen molar-refractivity contribution in [2.24, 2.45) is 4.99 Å². The summed E-state index contributed by atoms with van der Waals surface area (Å²) in [6.45, 7) is 1.86.